The zero-order valence-electron chi connectivity index (χ0n) is 23.5. The Hall–Kier alpha value is -3.50. The van der Waals surface area contributed by atoms with E-state index in [1.807, 2.05) is 0 Å². The second-order valence-corrected chi connectivity index (χ2v) is 10.3. The third-order valence-corrected chi connectivity index (χ3v) is 7.52. The van der Waals surface area contributed by atoms with Crippen molar-refractivity contribution >= 4 is 12.2 Å². The molecule has 4 aromatic rings. The largest absolute Gasteiger partial charge is 0.396 e. The smallest absolute Gasteiger partial charge is 0.0556 e. The average Bonchev–Trinajstić information content (AvgIpc) is 2.95. The van der Waals surface area contributed by atoms with Crippen LogP contribution in [0.3, 0.4) is 0 Å². The molecule has 0 radical (unpaired) electrons. The first-order valence-electron chi connectivity index (χ1n) is 14.0. The van der Waals surface area contributed by atoms with Gasteiger partial charge >= 0.3 is 0 Å². The summed E-state index contributed by atoms with van der Waals surface area (Å²) in [5.74, 6) is 0. The normalized spacial score (nSPS) is 11.4. The van der Waals surface area contributed by atoms with Crippen molar-refractivity contribution in [3.8, 4) is 22.3 Å². The Morgan fingerprint density at radius 3 is 2.15 bits per heavy atom. The zero-order chi connectivity index (χ0) is 27.6. The fourth-order valence-electron chi connectivity index (χ4n) is 5.17. The Labute approximate surface area is 233 Å². The van der Waals surface area contributed by atoms with Crippen LogP contribution in [0.25, 0.3) is 34.4 Å². The van der Waals surface area contributed by atoms with Crippen LogP contribution in [0.5, 0.6) is 0 Å². The van der Waals surface area contributed by atoms with Crippen molar-refractivity contribution in [2.24, 2.45) is 0 Å². The van der Waals surface area contributed by atoms with Gasteiger partial charge in [0.15, 0.2) is 0 Å². The Kier molecular flexibility index (Phi) is 10.3. The molecule has 0 unspecified atom stereocenters. The zero-order valence-corrected chi connectivity index (χ0v) is 23.5. The van der Waals surface area contributed by atoms with Crippen molar-refractivity contribution in [3.05, 3.63) is 118 Å². The lowest BCUT2D eigenvalue weighted by Crippen LogP contribution is -2.17. The van der Waals surface area contributed by atoms with Crippen LogP contribution in [0.15, 0.2) is 78.9 Å². The summed E-state index contributed by atoms with van der Waals surface area (Å²) in [6, 6.07) is 28.5. The van der Waals surface area contributed by atoms with Gasteiger partial charge in [0.05, 0.1) is 6.61 Å². The summed E-state index contributed by atoms with van der Waals surface area (Å²) in [6.07, 6.45) is 7.32. The van der Waals surface area contributed by atoms with Crippen molar-refractivity contribution in [2.45, 2.75) is 46.6 Å². The molecule has 3 nitrogen and oxygen atoms in total. The van der Waals surface area contributed by atoms with E-state index >= 15 is 0 Å². The van der Waals surface area contributed by atoms with Gasteiger partial charge in [-0.3, -0.25) is 0 Å². The van der Waals surface area contributed by atoms with Crippen LogP contribution in [0.1, 0.15) is 51.8 Å². The van der Waals surface area contributed by atoms with Gasteiger partial charge in [0, 0.05) is 19.7 Å². The molecule has 0 aliphatic rings. The Balaban J connectivity index is 1.62. The van der Waals surface area contributed by atoms with Gasteiger partial charge in [0.1, 0.15) is 0 Å². The molecule has 0 aromatic heterocycles. The van der Waals surface area contributed by atoms with Crippen molar-refractivity contribution in [3.63, 3.8) is 0 Å². The van der Waals surface area contributed by atoms with Crippen LogP contribution in [-0.4, -0.2) is 30.0 Å². The van der Waals surface area contributed by atoms with Gasteiger partial charge in [0.2, 0.25) is 0 Å². The van der Waals surface area contributed by atoms with Gasteiger partial charge in [0.25, 0.3) is 0 Å². The van der Waals surface area contributed by atoms with E-state index in [2.05, 4.69) is 117 Å². The molecule has 202 valence electrons. The second-order valence-electron chi connectivity index (χ2n) is 10.3. The molecule has 4 aromatic carbocycles. The number of nitrogens with one attached hydrogen (secondary N) is 1. The molecule has 0 saturated carbocycles. The van der Waals surface area contributed by atoms with Crippen LogP contribution in [-0.2, 0) is 13.0 Å². The SMILES string of the molecule is Cc1ccc(CCCCO)cc1/C=C/c1cccc(-c2cccc(-c3cccc(CNCCO)c3)c2C)c1C. The highest BCUT2D eigenvalue weighted by Crippen LogP contribution is 2.35. The standard InChI is InChI=1S/C36H41NO2/c1-26-16-17-29(9-4-5-21-38)23-32(26)19-18-31-11-7-14-35(27(31)2)36-15-8-13-34(28(36)3)33-12-6-10-30(24-33)25-37-20-22-39/h6-8,10-19,23-24,37-39H,4-5,9,20-22,25H2,1-3H3/b19-18+. The predicted octanol–water partition coefficient (Wildman–Crippen LogP) is 7.51. The van der Waals surface area contributed by atoms with Crippen LogP contribution in [0, 0.1) is 20.8 Å². The molecular formula is C36H41NO2. The van der Waals surface area contributed by atoms with Crippen LogP contribution in [0.4, 0.5) is 0 Å². The highest BCUT2D eigenvalue weighted by atomic mass is 16.3. The molecule has 0 bridgehead atoms. The quantitative estimate of drug-likeness (QED) is 0.134. The van der Waals surface area contributed by atoms with Crippen LogP contribution < -0.4 is 5.32 Å². The Bertz CT molecular complexity index is 1420. The molecule has 3 heteroatoms. The minimum atomic E-state index is 0.145. The van der Waals surface area contributed by atoms with Crippen molar-refractivity contribution < 1.29 is 10.2 Å². The minimum Gasteiger partial charge on any atom is -0.396 e. The molecule has 0 aliphatic heterocycles. The first kappa shape index (κ1) is 28.5. The molecule has 0 aliphatic carbocycles. The molecule has 39 heavy (non-hydrogen) atoms. The van der Waals surface area contributed by atoms with E-state index in [-0.39, 0.29) is 13.2 Å². The second kappa shape index (κ2) is 14.0. The highest BCUT2D eigenvalue weighted by molar-refractivity contribution is 5.83. The molecule has 0 spiro atoms. The molecule has 3 N–H and O–H groups in total. The lowest BCUT2D eigenvalue weighted by Gasteiger charge is -2.16. The molecular weight excluding hydrogens is 478 g/mol. The summed E-state index contributed by atoms with van der Waals surface area (Å²) in [5.41, 5.74) is 13.8. The maximum atomic E-state index is 9.10. The van der Waals surface area contributed by atoms with E-state index in [0.29, 0.717) is 6.54 Å². The van der Waals surface area contributed by atoms with Gasteiger partial charge < -0.3 is 15.5 Å². The van der Waals surface area contributed by atoms with Crippen molar-refractivity contribution in [2.75, 3.05) is 19.8 Å². The van der Waals surface area contributed by atoms with Gasteiger partial charge in [-0.25, -0.2) is 0 Å². The maximum Gasteiger partial charge on any atom is 0.0556 e. The molecule has 0 heterocycles. The molecule has 0 saturated heterocycles. The molecule has 4 rings (SSSR count). The molecule has 0 atom stereocenters. The summed E-state index contributed by atoms with van der Waals surface area (Å²) in [7, 11) is 0. The average molecular weight is 520 g/mol. The fourth-order valence-corrected chi connectivity index (χ4v) is 5.17. The number of unbranched alkanes of at least 4 members (excludes halogenated alkanes) is 1. The number of rotatable bonds is 12. The first-order chi connectivity index (χ1) is 19.0. The van der Waals surface area contributed by atoms with E-state index in [1.54, 1.807) is 0 Å². The van der Waals surface area contributed by atoms with E-state index in [0.717, 1.165) is 25.8 Å². The molecule has 0 fully saturated rings. The Morgan fingerprint density at radius 2 is 1.36 bits per heavy atom. The van der Waals surface area contributed by atoms with E-state index < -0.39 is 0 Å². The Morgan fingerprint density at radius 1 is 0.641 bits per heavy atom. The van der Waals surface area contributed by atoms with Crippen molar-refractivity contribution in [1.29, 1.82) is 0 Å². The monoisotopic (exact) mass is 519 g/mol. The number of benzene rings is 4. The lowest BCUT2D eigenvalue weighted by atomic mass is 9.89. The highest BCUT2D eigenvalue weighted by Gasteiger charge is 2.12. The number of aliphatic hydroxyl groups is 2. The fraction of sp³-hybridized carbons (Fsp3) is 0.278. The lowest BCUT2D eigenvalue weighted by molar-refractivity contribution is 0.284. The van der Waals surface area contributed by atoms with Gasteiger partial charge in [-0.05, 0) is 107 Å². The van der Waals surface area contributed by atoms with Crippen LogP contribution in [0.2, 0.25) is 0 Å². The summed E-state index contributed by atoms with van der Waals surface area (Å²) >= 11 is 0. The van der Waals surface area contributed by atoms with E-state index in [4.69, 9.17) is 10.2 Å². The summed E-state index contributed by atoms with van der Waals surface area (Å²) in [4.78, 5) is 0. The van der Waals surface area contributed by atoms with E-state index in [9.17, 15) is 0 Å². The van der Waals surface area contributed by atoms with E-state index in [1.165, 1.54) is 61.2 Å². The number of hydrogen-bond donors (Lipinski definition) is 3. The van der Waals surface area contributed by atoms with Crippen LogP contribution >= 0.6 is 0 Å². The summed E-state index contributed by atoms with van der Waals surface area (Å²) < 4.78 is 0. The van der Waals surface area contributed by atoms with Gasteiger partial charge in [-0.2, -0.15) is 0 Å². The third-order valence-electron chi connectivity index (χ3n) is 7.52. The summed E-state index contributed by atoms with van der Waals surface area (Å²) in [6.45, 7) is 8.33. The number of hydrogen-bond acceptors (Lipinski definition) is 3. The predicted molar refractivity (Wildman–Crippen MR) is 166 cm³/mol. The first-order valence-corrected chi connectivity index (χ1v) is 14.0. The topological polar surface area (TPSA) is 52.5 Å². The molecule has 0 amide bonds. The van der Waals surface area contributed by atoms with Crippen molar-refractivity contribution in [1.82, 2.24) is 5.32 Å². The minimum absolute atomic E-state index is 0.145. The van der Waals surface area contributed by atoms with Gasteiger partial charge in [-0.1, -0.05) is 84.9 Å². The maximum absolute atomic E-state index is 9.10. The number of aliphatic hydroxyl groups excluding tert-OH is 2. The van der Waals surface area contributed by atoms with Gasteiger partial charge in [-0.15, -0.1) is 0 Å². The third kappa shape index (κ3) is 7.33. The number of aryl methyl sites for hydroxylation is 2. The summed E-state index contributed by atoms with van der Waals surface area (Å²) in [5, 5.41) is 21.4.